The minimum atomic E-state index is -4.80. The van der Waals surface area contributed by atoms with Gasteiger partial charge in [0.25, 0.3) is 0 Å². The molecule has 1 aliphatic heterocycles. The van der Waals surface area contributed by atoms with Gasteiger partial charge in [0, 0.05) is 36.9 Å². The first-order chi connectivity index (χ1) is 22.2. The highest BCUT2D eigenvalue weighted by Crippen LogP contribution is 2.39. The Bertz CT molecular complexity index is 1740. The van der Waals surface area contributed by atoms with Crippen molar-refractivity contribution in [3.8, 4) is 22.9 Å². The fourth-order valence-corrected chi connectivity index (χ4v) is 5.47. The zero-order valence-electron chi connectivity index (χ0n) is 26.6. The van der Waals surface area contributed by atoms with Gasteiger partial charge in [-0.25, -0.2) is 24.1 Å². The second-order valence-corrected chi connectivity index (χ2v) is 12.6. The van der Waals surface area contributed by atoms with E-state index in [4.69, 9.17) is 14.5 Å². The van der Waals surface area contributed by atoms with Crippen LogP contribution in [0.15, 0.2) is 54.9 Å². The van der Waals surface area contributed by atoms with Crippen molar-refractivity contribution < 1.29 is 36.9 Å². The van der Waals surface area contributed by atoms with E-state index >= 15 is 0 Å². The molecule has 5 rings (SSSR count). The number of rotatable bonds is 8. The molecule has 4 aromatic rings. The molecule has 2 N–H and O–H groups in total. The Morgan fingerprint density at radius 3 is 2.60 bits per heavy atom. The number of amides is 1. The van der Waals surface area contributed by atoms with E-state index in [0.29, 0.717) is 52.4 Å². The number of aliphatic hydroxyl groups is 1. The van der Waals surface area contributed by atoms with E-state index in [0.717, 1.165) is 12.8 Å². The molecule has 2 atom stereocenters. The maximum atomic E-state index is 14.9. The number of aryl methyl sites for hydroxylation is 2. The van der Waals surface area contributed by atoms with E-state index in [1.807, 2.05) is 20.8 Å². The van der Waals surface area contributed by atoms with Gasteiger partial charge in [-0.1, -0.05) is 12.1 Å². The van der Waals surface area contributed by atoms with E-state index in [2.05, 4.69) is 15.3 Å². The number of nitrogens with zero attached hydrogens (tertiary/aromatic N) is 4. The molecule has 1 saturated heterocycles. The number of benzene rings is 2. The Morgan fingerprint density at radius 2 is 1.85 bits per heavy atom. The summed E-state index contributed by atoms with van der Waals surface area (Å²) < 4.78 is 65.6. The second-order valence-electron chi connectivity index (χ2n) is 12.6. The minimum absolute atomic E-state index is 0.0522. The molecule has 250 valence electrons. The van der Waals surface area contributed by atoms with Crippen LogP contribution in [0.1, 0.15) is 51.2 Å². The summed E-state index contributed by atoms with van der Waals surface area (Å²) in [5.74, 6) is 0.251. The Kier molecular flexibility index (Phi) is 9.85. The van der Waals surface area contributed by atoms with Gasteiger partial charge in [-0.05, 0) is 100 Å². The summed E-state index contributed by atoms with van der Waals surface area (Å²) >= 11 is 0. The molecular weight excluding hydrogens is 618 g/mol. The van der Waals surface area contributed by atoms with Crippen molar-refractivity contribution >= 4 is 22.8 Å². The molecule has 0 radical (unpaired) electrons. The lowest BCUT2D eigenvalue weighted by Gasteiger charge is -2.34. The van der Waals surface area contributed by atoms with Crippen molar-refractivity contribution in [1.29, 1.82) is 0 Å². The second kappa shape index (κ2) is 13.7. The molecule has 1 fully saturated rings. The highest BCUT2D eigenvalue weighted by Gasteiger charge is 2.38. The van der Waals surface area contributed by atoms with Crippen LogP contribution in [0.3, 0.4) is 0 Å². The van der Waals surface area contributed by atoms with Crippen LogP contribution >= 0.6 is 0 Å². The molecule has 1 amide bonds. The van der Waals surface area contributed by atoms with Gasteiger partial charge in [0.05, 0.1) is 11.3 Å². The van der Waals surface area contributed by atoms with E-state index in [9.17, 15) is 27.5 Å². The summed E-state index contributed by atoms with van der Waals surface area (Å²) in [6.07, 6.45) is -3.99. The Morgan fingerprint density at radius 1 is 1.09 bits per heavy atom. The Balaban J connectivity index is 1.39. The number of carbonyl (C=O) groups excluding carboxylic acids is 1. The van der Waals surface area contributed by atoms with Gasteiger partial charge in [-0.3, -0.25) is 0 Å². The average Bonchev–Trinajstić information content (AvgIpc) is 3.01. The molecule has 3 heterocycles. The van der Waals surface area contributed by atoms with Crippen molar-refractivity contribution in [2.24, 2.45) is 0 Å². The number of aromatic nitrogens is 3. The van der Waals surface area contributed by atoms with Gasteiger partial charge >= 0.3 is 12.3 Å². The molecule has 9 nitrogen and oxygen atoms in total. The number of hydrogen-bond donors (Lipinski definition) is 2. The first-order valence-corrected chi connectivity index (χ1v) is 15.4. The summed E-state index contributed by atoms with van der Waals surface area (Å²) in [5, 5.41) is 13.7. The molecule has 0 bridgehead atoms. The van der Waals surface area contributed by atoms with Crippen LogP contribution < -0.4 is 10.1 Å². The molecular formula is C34H37F4N5O4. The number of aliphatic hydroxyl groups excluding tert-OH is 1. The quantitative estimate of drug-likeness (QED) is 0.187. The third-order valence-corrected chi connectivity index (χ3v) is 7.76. The van der Waals surface area contributed by atoms with E-state index in [1.165, 1.54) is 12.1 Å². The first-order valence-electron chi connectivity index (χ1n) is 15.4. The van der Waals surface area contributed by atoms with Crippen LogP contribution in [0.25, 0.3) is 22.0 Å². The highest BCUT2D eigenvalue weighted by atomic mass is 19.4. The van der Waals surface area contributed by atoms with Gasteiger partial charge in [0.1, 0.15) is 23.3 Å². The average molecular weight is 656 g/mol. The molecule has 0 unspecified atom stereocenters. The number of pyridine rings is 1. The predicted molar refractivity (Wildman–Crippen MR) is 169 cm³/mol. The smallest absolute Gasteiger partial charge is 0.414 e. The normalized spacial score (nSPS) is 16.2. The number of likely N-dealkylation sites (tertiary alicyclic amines) is 1. The lowest BCUT2D eigenvalue weighted by molar-refractivity contribution is -0.205. The van der Waals surface area contributed by atoms with Gasteiger partial charge in [0.15, 0.2) is 0 Å². The molecule has 0 saturated carbocycles. The number of piperidine rings is 1. The first kappa shape index (κ1) is 33.8. The summed E-state index contributed by atoms with van der Waals surface area (Å²) in [4.78, 5) is 27.8. The Labute approximate surface area is 270 Å². The fourth-order valence-electron chi connectivity index (χ4n) is 5.47. The van der Waals surface area contributed by atoms with Crippen LogP contribution in [0.2, 0.25) is 0 Å². The van der Waals surface area contributed by atoms with E-state index in [-0.39, 0.29) is 30.0 Å². The number of hydrogen-bond acceptors (Lipinski definition) is 8. The standard InChI is InChI=1S/C34H37F4N5O4/c1-20-9-10-22-23(12-14-28(44)34(36,37)38)26(35)13-11-24(22)29(20)46-30-25(8-5-16-39-30)27-15-17-40-31(42-27)41-21-7-6-18-43(19-21)32(45)47-33(2,3)4/h5,8-11,13,15-17,21,28,44H,6-7,12,14,18-19H2,1-4H3,(H,40,41,42)/t21-,28-/m0/s1. The molecule has 1 aliphatic rings. The van der Waals surface area contributed by atoms with Gasteiger partial charge in [0.2, 0.25) is 11.8 Å². The Hall–Kier alpha value is -4.52. The van der Waals surface area contributed by atoms with Crippen LogP contribution in [-0.2, 0) is 11.2 Å². The number of ether oxygens (including phenoxy) is 2. The van der Waals surface area contributed by atoms with Crippen molar-refractivity contribution in [2.75, 3.05) is 18.4 Å². The maximum absolute atomic E-state index is 14.9. The number of anilines is 1. The maximum Gasteiger partial charge on any atom is 0.414 e. The van der Waals surface area contributed by atoms with Crippen molar-refractivity contribution in [3.05, 3.63) is 71.8 Å². The van der Waals surface area contributed by atoms with E-state index < -0.39 is 30.1 Å². The fraction of sp³-hybridized carbons (Fsp3) is 0.412. The number of carbonyl (C=O) groups is 1. The molecule has 47 heavy (non-hydrogen) atoms. The SMILES string of the molecule is Cc1ccc2c(CC[C@H](O)C(F)(F)F)c(F)ccc2c1Oc1ncccc1-c1ccnc(N[C@H]2CCCN(C(=O)OC(C)(C)C)C2)n1. The van der Waals surface area contributed by atoms with E-state index in [1.54, 1.807) is 54.5 Å². The predicted octanol–water partition coefficient (Wildman–Crippen LogP) is 7.60. The zero-order chi connectivity index (χ0) is 33.9. The third kappa shape index (κ3) is 8.26. The van der Waals surface area contributed by atoms with Gasteiger partial charge < -0.3 is 24.8 Å². The van der Waals surface area contributed by atoms with Crippen molar-refractivity contribution in [1.82, 2.24) is 19.9 Å². The number of nitrogens with one attached hydrogen (secondary N) is 1. The molecule has 2 aromatic heterocycles. The van der Waals surface area contributed by atoms with Crippen LogP contribution in [-0.4, -0.2) is 68.1 Å². The number of alkyl halides is 3. The molecule has 2 aromatic carbocycles. The number of halogens is 4. The van der Waals surface area contributed by atoms with Crippen molar-refractivity contribution in [2.45, 2.75) is 77.3 Å². The van der Waals surface area contributed by atoms with Crippen LogP contribution in [0, 0.1) is 12.7 Å². The number of fused-ring (bicyclic) bond motifs is 1. The monoisotopic (exact) mass is 655 g/mol. The van der Waals surface area contributed by atoms with Gasteiger partial charge in [-0.15, -0.1) is 0 Å². The lowest BCUT2D eigenvalue weighted by atomic mass is 9.96. The highest BCUT2D eigenvalue weighted by molar-refractivity contribution is 5.92. The lowest BCUT2D eigenvalue weighted by Crippen LogP contribution is -2.47. The summed E-state index contributed by atoms with van der Waals surface area (Å²) in [6, 6.07) is 11.1. The third-order valence-electron chi connectivity index (χ3n) is 7.76. The molecule has 0 spiro atoms. The topological polar surface area (TPSA) is 110 Å². The van der Waals surface area contributed by atoms with Gasteiger partial charge in [-0.2, -0.15) is 13.2 Å². The summed E-state index contributed by atoms with van der Waals surface area (Å²) in [6.45, 7) is 8.31. The van der Waals surface area contributed by atoms with Crippen LogP contribution in [0.4, 0.5) is 28.3 Å². The zero-order valence-corrected chi connectivity index (χ0v) is 26.6. The largest absolute Gasteiger partial charge is 0.444 e. The summed E-state index contributed by atoms with van der Waals surface area (Å²) in [7, 11) is 0. The summed E-state index contributed by atoms with van der Waals surface area (Å²) in [5.41, 5.74) is 1.21. The molecule has 0 aliphatic carbocycles. The van der Waals surface area contributed by atoms with Crippen LogP contribution in [0.5, 0.6) is 11.6 Å². The molecule has 13 heteroatoms. The van der Waals surface area contributed by atoms with Crippen molar-refractivity contribution in [3.63, 3.8) is 0 Å². The minimum Gasteiger partial charge on any atom is -0.444 e.